The first-order valence-corrected chi connectivity index (χ1v) is 10.9. The lowest BCUT2D eigenvalue weighted by Gasteiger charge is -2.16. The number of thiazole rings is 1. The van der Waals surface area contributed by atoms with E-state index in [-0.39, 0.29) is 36.0 Å². The third-order valence-corrected chi connectivity index (χ3v) is 5.40. The first-order valence-electron chi connectivity index (χ1n) is 10.0. The number of hydrogen-bond donors (Lipinski definition) is 2. The van der Waals surface area contributed by atoms with E-state index in [4.69, 9.17) is 4.74 Å². The first kappa shape index (κ1) is 26.3. The van der Waals surface area contributed by atoms with E-state index in [1.165, 1.54) is 11.3 Å². The summed E-state index contributed by atoms with van der Waals surface area (Å²) in [6.45, 7) is 14.5. The molecule has 0 spiro atoms. The number of imidazole rings is 1. The molecule has 2 rings (SSSR count). The minimum atomic E-state index is -0.321. The fraction of sp³-hybridized carbons (Fsp3) is 0.600. The second-order valence-electron chi connectivity index (χ2n) is 7.14. The van der Waals surface area contributed by atoms with Gasteiger partial charge in [-0.15, -0.1) is 35.3 Å². The number of carbonyl (C=O) groups is 1. The number of ether oxygens (including phenoxy) is 1. The van der Waals surface area contributed by atoms with Crippen molar-refractivity contribution in [2.75, 3.05) is 13.2 Å². The van der Waals surface area contributed by atoms with Crippen molar-refractivity contribution in [3.63, 3.8) is 0 Å². The van der Waals surface area contributed by atoms with Crippen molar-refractivity contribution in [2.45, 2.75) is 60.7 Å². The molecule has 0 aromatic carbocycles. The highest BCUT2D eigenvalue weighted by atomic mass is 127. The maximum atomic E-state index is 12.1. The van der Waals surface area contributed by atoms with Gasteiger partial charge < -0.3 is 19.9 Å². The predicted octanol–water partition coefficient (Wildman–Crippen LogP) is 3.92. The molecule has 0 saturated carbocycles. The average Bonchev–Trinajstić information content (AvgIpc) is 3.26. The monoisotopic (exact) mass is 548 g/mol. The van der Waals surface area contributed by atoms with Crippen LogP contribution in [0, 0.1) is 12.8 Å². The van der Waals surface area contributed by atoms with Gasteiger partial charge in [-0.3, -0.25) is 0 Å². The fourth-order valence-electron chi connectivity index (χ4n) is 2.78. The van der Waals surface area contributed by atoms with E-state index in [0.29, 0.717) is 35.6 Å². The van der Waals surface area contributed by atoms with Gasteiger partial charge in [0.2, 0.25) is 0 Å². The molecule has 2 aromatic heterocycles. The number of rotatable bonds is 9. The SMILES string of the molecule is CCNC(=NCc1nccn1CC(C)C)NC(C)c1nc(C)c(C(=O)OCC)s1.I. The Bertz CT molecular complexity index is 833. The molecule has 0 amide bonds. The normalized spacial score (nSPS) is 12.4. The van der Waals surface area contributed by atoms with Crippen LogP contribution in [0.4, 0.5) is 0 Å². The second kappa shape index (κ2) is 12.9. The summed E-state index contributed by atoms with van der Waals surface area (Å²) >= 11 is 1.35. The molecule has 30 heavy (non-hydrogen) atoms. The zero-order chi connectivity index (χ0) is 21.4. The van der Waals surface area contributed by atoms with Gasteiger partial charge in [-0.25, -0.2) is 19.8 Å². The predicted molar refractivity (Wildman–Crippen MR) is 132 cm³/mol. The van der Waals surface area contributed by atoms with Crippen LogP contribution >= 0.6 is 35.3 Å². The Morgan fingerprint density at radius 2 is 2.07 bits per heavy atom. The molecule has 2 aromatic rings. The number of esters is 1. The molecule has 0 bridgehead atoms. The van der Waals surface area contributed by atoms with Crippen LogP contribution in [0.3, 0.4) is 0 Å². The lowest BCUT2D eigenvalue weighted by Crippen LogP contribution is -2.38. The van der Waals surface area contributed by atoms with E-state index in [1.807, 2.05) is 33.2 Å². The van der Waals surface area contributed by atoms with Crippen LogP contribution in [0.1, 0.15) is 66.9 Å². The summed E-state index contributed by atoms with van der Waals surface area (Å²) in [5, 5.41) is 7.44. The molecule has 0 aliphatic carbocycles. The summed E-state index contributed by atoms with van der Waals surface area (Å²) in [7, 11) is 0. The molecular weight excluding hydrogens is 515 g/mol. The van der Waals surface area contributed by atoms with Crippen molar-refractivity contribution in [2.24, 2.45) is 10.9 Å². The van der Waals surface area contributed by atoms with Crippen LogP contribution < -0.4 is 10.6 Å². The summed E-state index contributed by atoms with van der Waals surface area (Å²) in [4.78, 5) is 26.2. The van der Waals surface area contributed by atoms with Gasteiger partial charge in [-0.1, -0.05) is 13.8 Å². The van der Waals surface area contributed by atoms with Crippen molar-refractivity contribution in [1.29, 1.82) is 0 Å². The number of halogens is 1. The Balaban J connectivity index is 0.00000450. The molecule has 2 heterocycles. The van der Waals surface area contributed by atoms with Gasteiger partial charge in [-0.05, 0) is 33.6 Å². The minimum absolute atomic E-state index is 0. The van der Waals surface area contributed by atoms with Gasteiger partial charge >= 0.3 is 5.97 Å². The largest absolute Gasteiger partial charge is 0.462 e. The number of aliphatic imine (C=N–C) groups is 1. The van der Waals surface area contributed by atoms with Crippen molar-refractivity contribution < 1.29 is 9.53 Å². The maximum absolute atomic E-state index is 12.1. The van der Waals surface area contributed by atoms with Gasteiger partial charge in [0.15, 0.2) is 5.96 Å². The molecule has 10 heteroatoms. The number of carbonyl (C=O) groups excluding carboxylic acids is 1. The van der Waals surface area contributed by atoms with E-state index in [9.17, 15) is 4.79 Å². The molecule has 2 N–H and O–H groups in total. The van der Waals surface area contributed by atoms with Gasteiger partial charge in [0.1, 0.15) is 22.3 Å². The average molecular weight is 548 g/mol. The molecule has 1 unspecified atom stereocenters. The number of aryl methyl sites for hydroxylation is 1. The second-order valence-corrected chi connectivity index (χ2v) is 8.17. The van der Waals surface area contributed by atoms with Crippen molar-refractivity contribution >= 4 is 47.2 Å². The van der Waals surface area contributed by atoms with Crippen LogP contribution in [0.15, 0.2) is 17.4 Å². The fourth-order valence-corrected chi connectivity index (χ4v) is 3.74. The Hall–Kier alpha value is -1.69. The van der Waals surface area contributed by atoms with Crippen LogP contribution in [0.5, 0.6) is 0 Å². The molecule has 8 nitrogen and oxygen atoms in total. The number of nitrogens with one attached hydrogen (secondary N) is 2. The van der Waals surface area contributed by atoms with Gasteiger partial charge in [0, 0.05) is 25.5 Å². The molecule has 0 fully saturated rings. The van der Waals surface area contributed by atoms with Crippen molar-refractivity contribution in [3.05, 3.63) is 33.8 Å². The van der Waals surface area contributed by atoms with Gasteiger partial charge in [0.05, 0.1) is 18.3 Å². The number of nitrogens with zero attached hydrogens (tertiary/aromatic N) is 4. The van der Waals surface area contributed by atoms with Crippen LogP contribution in [0.2, 0.25) is 0 Å². The lowest BCUT2D eigenvalue weighted by atomic mass is 10.2. The molecule has 168 valence electrons. The van der Waals surface area contributed by atoms with E-state index in [0.717, 1.165) is 23.9 Å². The van der Waals surface area contributed by atoms with Crippen molar-refractivity contribution in [3.8, 4) is 0 Å². The Morgan fingerprint density at radius 1 is 1.33 bits per heavy atom. The summed E-state index contributed by atoms with van der Waals surface area (Å²) in [5.41, 5.74) is 0.690. The molecule has 0 radical (unpaired) electrons. The highest BCUT2D eigenvalue weighted by molar-refractivity contribution is 14.0. The smallest absolute Gasteiger partial charge is 0.350 e. The molecule has 0 saturated heterocycles. The van der Waals surface area contributed by atoms with Crippen molar-refractivity contribution in [1.82, 2.24) is 25.2 Å². The zero-order valence-corrected chi connectivity index (χ0v) is 21.7. The Kier molecular flexibility index (Phi) is 11.3. The Morgan fingerprint density at radius 3 is 2.70 bits per heavy atom. The van der Waals surface area contributed by atoms with Crippen LogP contribution in [0.25, 0.3) is 0 Å². The van der Waals surface area contributed by atoms with E-state index >= 15 is 0 Å². The summed E-state index contributed by atoms with van der Waals surface area (Å²) < 4.78 is 7.24. The number of aromatic nitrogens is 3. The first-order chi connectivity index (χ1) is 13.8. The zero-order valence-electron chi connectivity index (χ0n) is 18.6. The number of hydrogen-bond acceptors (Lipinski definition) is 6. The minimum Gasteiger partial charge on any atom is -0.462 e. The molecular formula is C20H33IN6O2S. The standard InChI is InChI=1S/C20H32N6O2S.HI/c1-7-21-20(23-11-16-22-9-10-26(16)12-13(3)4)25-15(6)18-24-14(5)17(29-18)19(27)28-8-2;/h9-10,13,15H,7-8,11-12H2,1-6H3,(H2,21,23,25);1H. The third kappa shape index (κ3) is 7.53. The molecule has 0 aliphatic heterocycles. The van der Waals surface area contributed by atoms with Gasteiger partial charge in [-0.2, -0.15) is 0 Å². The summed E-state index contributed by atoms with van der Waals surface area (Å²) in [6, 6.07) is -0.102. The van der Waals surface area contributed by atoms with E-state index in [1.54, 1.807) is 6.92 Å². The van der Waals surface area contributed by atoms with Crippen LogP contribution in [-0.2, 0) is 17.8 Å². The highest BCUT2D eigenvalue weighted by Crippen LogP contribution is 2.24. The maximum Gasteiger partial charge on any atom is 0.350 e. The summed E-state index contributed by atoms with van der Waals surface area (Å²) in [6.07, 6.45) is 3.80. The summed E-state index contributed by atoms with van der Waals surface area (Å²) in [5.74, 6) is 1.83. The molecule has 0 aliphatic rings. The van der Waals surface area contributed by atoms with E-state index in [2.05, 4.69) is 44.0 Å². The quantitative estimate of drug-likeness (QED) is 0.214. The lowest BCUT2D eigenvalue weighted by molar-refractivity contribution is 0.0531. The molecule has 1 atom stereocenters. The topological polar surface area (TPSA) is 93.4 Å². The van der Waals surface area contributed by atoms with Crippen LogP contribution in [-0.4, -0.2) is 39.6 Å². The third-order valence-electron chi connectivity index (χ3n) is 4.08. The van der Waals surface area contributed by atoms with Gasteiger partial charge in [0.25, 0.3) is 0 Å². The highest BCUT2D eigenvalue weighted by Gasteiger charge is 2.20. The Labute approximate surface area is 200 Å². The number of guanidine groups is 1. The van der Waals surface area contributed by atoms with E-state index < -0.39 is 0 Å².